The first kappa shape index (κ1) is 60.9. The van der Waals surface area contributed by atoms with E-state index in [1.807, 2.05) is 40.2 Å². The van der Waals surface area contributed by atoms with E-state index in [0.29, 0.717) is 17.4 Å². The first-order valence-corrected chi connectivity index (χ1v) is 26.4. The zero-order valence-electron chi connectivity index (χ0n) is 41.2. The van der Waals surface area contributed by atoms with Crippen molar-refractivity contribution in [2.75, 3.05) is 40.9 Å². The van der Waals surface area contributed by atoms with Crippen molar-refractivity contribution in [2.45, 2.75) is 180 Å². The van der Waals surface area contributed by atoms with Crippen molar-refractivity contribution < 1.29 is 32.9 Å². The van der Waals surface area contributed by atoms with Gasteiger partial charge in [-0.25, -0.2) is 4.57 Å². The highest BCUT2D eigenvalue weighted by atomic mass is 31.2. The van der Waals surface area contributed by atoms with E-state index in [2.05, 4.69) is 116 Å². The zero-order valence-corrected chi connectivity index (χ0v) is 42.1. The fourth-order valence-corrected chi connectivity index (χ4v) is 7.09. The van der Waals surface area contributed by atoms with Crippen LogP contribution in [-0.2, 0) is 18.4 Å². The number of phosphoric ester groups is 1. The summed E-state index contributed by atoms with van der Waals surface area (Å²) in [5.41, 5.74) is 0. The SMILES string of the molecule is C/C=C/CC/C=C/CC/C=C/C(O)C(COP(=O)(O)OCC[N+](C)(C)C)NC(=O)CCCCCCCCCCCCC/C=C\C/C=C\C/C=C\C/C=C\C/C=C\C/C=C\C/C=C\CC. The highest BCUT2D eigenvalue weighted by Crippen LogP contribution is 2.43. The van der Waals surface area contributed by atoms with Gasteiger partial charge in [0, 0.05) is 6.42 Å². The summed E-state index contributed by atoms with van der Waals surface area (Å²) in [6.07, 6.45) is 67.5. The third-order valence-electron chi connectivity index (χ3n) is 10.2. The van der Waals surface area contributed by atoms with E-state index in [1.54, 1.807) is 6.08 Å². The van der Waals surface area contributed by atoms with Gasteiger partial charge in [0.2, 0.25) is 5.91 Å². The van der Waals surface area contributed by atoms with E-state index in [9.17, 15) is 19.4 Å². The smallest absolute Gasteiger partial charge is 0.387 e. The Labute approximate surface area is 393 Å². The number of carbonyl (C=O) groups excluding carboxylic acids is 1. The summed E-state index contributed by atoms with van der Waals surface area (Å²) in [5.74, 6) is -0.204. The Hall–Kier alpha value is -3.10. The standard InChI is InChI=1S/C55H93N2O6P/c1-6-8-10-12-14-16-17-18-19-20-21-22-23-24-25-26-27-28-29-30-31-32-33-34-35-36-37-38-39-41-43-45-47-49-55(59)56-53(52-63-64(60,61)62-51-50-57(3,4)5)54(58)48-46-44-42-40-15-13-11-9-7-2/h7-10,14-16,18-19,21-22,24-25,27-28,30-31,40,46,48,53-54,58H,6,11-13,17,20,23,26,29,32-39,41-45,47,49-52H2,1-5H3,(H-,56,59,60,61)/p+1/b9-7+,10-8-,16-14-,19-18-,22-21-,25-24-,28-27-,31-30-,40-15+,48-46+. The van der Waals surface area contributed by atoms with Gasteiger partial charge in [0.05, 0.1) is 39.9 Å². The van der Waals surface area contributed by atoms with Crippen molar-refractivity contribution in [3.63, 3.8) is 0 Å². The monoisotopic (exact) mass is 910 g/mol. The molecular formula is C55H94N2O6P+. The van der Waals surface area contributed by atoms with Gasteiger partial charge >= 0.3 is 7.82 Å². The molecule has 64 heavy (non-hydrogen) atoms. The van der Waals surface area contributed by atoms with Gasteiger partial charge in [0.1, 0.15) is 13.2 Å². The van der Waals surface area contributed by atoms with Gasteiger partial charge in [0.25, 0.3) is 0 Å². The van der Waals surface area contributed by atoms with E-state index in [1.165, 1.54) is 57.8 Å². The Morgan fingerprint density at radius 2 is 0.969 bits per heavy atom. The van der Waals surface area contributed by atoms with Crippen LogP contribution in [0.4, 0.5) is 0 Å². The van der Waals surface area contributed by atoms with E-state index >= 15 is 0 Å². The van der Waals surface area contributed by atoms with Gasteiger partial charge in [-0.3, -0.25) is 13.8 Å². The number of nitrogens with one attached hydrogen (secondary N) is 1. The van der Waals surface area contributed by atoms with E-state index in [4.69, 9.17) is 9.05 Å². The van der Waals surface area contributed by atoms with Gasteiger partial charge in [-0.05, 0) is 96.8 Å². The maximum absolute atomic E-state index is 12.9. The van der Waals surface area contributed by atoms with E-state index in [-0.39, 0.29) is 19.1 Å². The second kappa shape index (κ2) is 45.1. The third-order valence-corrected chi connectivity index (χ3v) is 11.2. The Balaban J connectivity index is 4.11. The van der Waals surface area contributed by atoms with Gasteiger partial charge in [-0.1, -0.05) is 186 Å². The number of aliphatic hydroxyl groups excluding tert-OH is 1. The lowest BCUT2D eigenvalue weighted by molar-refractivity contribution is -0.870. The molecule has 1 amide bonds. The molecule has 9 heteroatoms. The number of phosphoric acid groups is 1. The molecule has 0 saturated heterocycles. The summed E-state index contributed by atoms with van der Waals surface area (Å²) >= 11 is 0. The predicted molar refractivity (Wildman–Crippen MR) is 276 cm³/mol. The maximum Gasteiger partial charge on any atom is 0.472 e. The van der Waals surface area contributed by atoms with Crippen LogP contribution in [0.25, 0.3) is 0 Å². The second-order valence-corrected chi connectivity index (χ2v) is 18.9. The molecule has 0 fully saturated rings. The number of nitrogens with zero attached hydrogens (tertiary/aromatic N) is 1. The van der Waals surface area contributed by atoms with Crippen LogP contribution >= 0.6 is 7.82 Å². The lowest BCUT2D eigenvalue weighted by Gasteiger charge is -2.25. The molecule has 0 radical (unpaired) electrons. The molecule has 0 aliphatic heterocycles. The van der Waals surface area contributed by atoms with Crippen LogP contribution in [0.5, 0.6) is 0 Å². The molecule has 0 aromatic rings. The third kappa shape index (κ3) is 46.9. The van der Waals surface area contributed by atoms with Crippen molar-refractivity contribution in [1.82, 2.24) is 5.32 Å². The lowest BCUT2D eigenvalue weighted by Crippen LogP contribution is -2.45. The van der Waals surface area contributed by atoms with E-state index in [0.717, 1.165) is 89.9 Å². The van der Waals surface area contributed by atoms with Crippen LogP contribution in [0.2, 0.25) is 0 Å². The number of quaternary nitrogens is 1. The minimum atomic E-state index is -4.35. The molecule has 3 N–H and O–H groups in total. The molecule has 0 saturated carbocycles. The number of unbranched alkanes of at least 4 members (excludes halogenated alkanes) is 13. The maximum atomic E-state index is 12.9. The zero-order chi connectivity index (χ0) is 47.1. The Morgan fingerprint density at radius 1 is 0.562 bits per heavy atom. The summed E-state index contributed by atoms with van der Waals surface area (Å²) in [4.78, 5) is 23.1. The van der Waals surface area contributed by atoms with E-state index < -0.39 is 20.0 Å². The van der Waals surface area contributed by atoms with Crippen LogP contribution in [0.3, 0.4) is 0 Å². The summed E-state index contributed by atoms with van der Waals surface area (Å²) in [6, 6.07) is -0.877. The van der Waals surface area contributed by atoms with Crippen LogP contribution in [-0.4, -0.2) is 73.4 Å². The minimum absolute atomic E-state index is 0.0464. The number of hydrogen-bond acceptors (Lipinski definition) is 5. The number of aliphatic hydroxyl groups is 1. The fourth-order valence-electron chi connectivity index (χ4n) is 6.35. The normalized spacial score (nSPS) is 15.2. The van der Waals surface area contributed by atoms with Crippen molar-refractivity contribution in [2.24, 2.45) is 0 Å². The number of likely N-dealkylation sites (N-methyl/N-ethyl adjacent to an activating group) is 1. The highest BCUT2D eigenvalue weighted by molar-refractivity contribution is 7.47. The summed E-state index contributed by atoms with van der Waals surface area (Å²) < 4.78 is 23.5. The van der Waals surface area contributed by atoms with Gasteiger partial charge in [-0.15, -0.1) is 0 Å². The quantitative estimate of drug-likeness (QED) is 0.0244. The average molecular weight is 910 g/mol. The summed E-state index contributed by atoms with van der Waals surface area (Å²) in [5, 5.41) is 13.7. The number of carbonyl (C=O) groups is 1. The largest absolute Gasteiger partial charge is 0.472 e. The van der Waals surface area contributed by atoms with Crippen LogP contribution in [0.15, 0.2) is 122 Å². The molecule has 0 aromatic heterocycles. The molecular weight excluding hydrogens is 816 g/mol. The number of allylic oxidation sites excluding steroid dienone is 19. The molecule has 3 atom stereocenters. The molecule has 0 aliphatic rings. The average Bonchev–Trinajstić information content (AvgIpc) is 3.25. The van der Waals surface area contributed by atoms with Gasteiger partial charge in [0.15, 0.2) is 0 Å². The van der Waals surface area contributed by atoms with Crippen LogP contribution in [0, 0.1) is 0 Å². The topological polar surface area (TPSA) is 105 Å². The van der Waals surface area contributed by atoms with Crippen molar-refractivity contribution in [1.29, 1.82) is 0 Å². The summed E-state index contributed by atoms with van der Waals surface area (Å²) in [6.45, 7) is 4.40. The fraction of sp³-hybridized carbons (Fsp3) is 0.618. The van der Waals surface area contributed by atoms with Crippen molar-refractivity contribution >= 4 is 13.7 Å². The first-order chi connectivity index (χ1) is 31.0. The minimum Gasteiger partial charge on any atom is -0.387 e. The Morgan fingerprint density at radius 3 is 1.44 bits per heavy atom. The molecule has 0 aromatic carbocycles. The van der Waals surface area contributed by atoms with Gasteiger partial charge in [-0.2, -0.15) is 0 Å². The lowest BCUT2D eigenvalue weighted by atomic mass is 10.0. The molecule has 0 heterocycles. The van der Waals surface area contributed by atoms with Crippen molar-refractivity contribution in [3.8, 4) is 0 Å². The number of rotatable bonds is 43. The molecule has 3 unspecified atom stereocenters. The van der Waals surface area contributed by atoms with Crippen LogP contribution < -0.4 is 5.32 Å². The molecule has 364 valence electrons. The molecule has 0 rings (SSSR count). The molecule has 0 bridgehead atoms. The van der Waals surface area contributed by atoms with Crippen LogP contribution in [0.1, 0.15) is 168 Å². The number of amides is 1. The Kier molecular flexibility index (Phi) is 42.9. The Bertz CT molecular complexity index is 1450. The molecule has 0 spiro atoms. The highest BCUT2D eigenvalue weighted by Gasteiger charge is 2.27. The van der Waals surface area contributed by atoms with Crippen molar-refractivity contribution in [3.05, 3.63) is 122 Å². The second-order valence-electron chi connectivity index (χ2n) is 17.4. The first-order valence-electron chi connectivity index (χ1n) is 24.9. The predicted octanol–water partition coefficient (Wildman–Crippen LogP) is 14.6. The number of hydrogen-bond donors (Lipinski definition) is 3. The molecule has 8 nitrogen and oxygen atoms in total. The van der Waals surface area contributed by atoms with Gasteiger partial charge < -0.3 is 19.8 Å². The summed E-state index contributed by atoms with van der Waals surface area (Å²) in [7, 11) is 1.52. The molecule has 0 aliphatic carbocycles.